The minimum atomic E-state index is -1.34. The Morgan fingerprint density at radius 1 is 0.814 bits per heavy atom. The van der Waals surface area contributed by atoms with Gasteiger partial charge in [0.05, 0.1) is 12.0 Å². The fourth-order valence-electron chi connectivity index (χ4n) is 4.96. The van der Waals surface area contributed by atoms with E-state index in [1.165, 1.54) is 13.8 Å². The lowest BCUT2D eigenvalue weighted by molar-refractivity contribution is -0.131. The Morgan fingerprint density at radius 2 is 1.28 bits per heavy atom. The molecule has 4 N–H and O–H groups in total. The van der Waals surface area contributed by atoms with Crippen molar-refractivity contribution >= 4 is 17.9 Å². The third-order valence-corrected chi connectivity index (χ3v) is 7.07. The van der Waals surface area contributed by atoms with E-state index in [2.05, 4.69) is 47.0 Å². The van der Waals surface area contributed by atoms with Gasteiger partial charge in [0.1, 0.15) is 22.7 Å². The number of hydrogen-bond donors (Lipinski definition) is 3. The van der Waals surface area contributed by atoms with E-state index in [9.17, 15) is 14.4 Å². The first-order valence-electron chi connectivity index (χ1n) is 14.1. The van der Waals surface area contributed by atoms with Crippen LogP contribution < -0.4 is 16.4 Å². The molecule has 3 amide bonds. The second kappa shape index (κ2) is 12.5. The highest BCUT2D eigenvalue weighted by atomic mass is 16.6. The highest BCUT2D eigenvalue weighted by Crippen LogP contribution is 2.40. The van der Waals surface area contributed by atoms with Crippen molar-refractivity contribution in [2.24, 2.45) is 5.73 Å². The quantitative estimate of drug-likeness (QED) is 0.237. The van der Waals surface area contributed by atoms with E-state index in [0.717, 1.165) is 16.7 Å². The van der Waals surface area contributed by atoms with Crippen LogP contribution in [-0.2, 0) is 26.3 Å². The molecule has 0 aliphatic carbocycles. The summed E-state index contributed by atoms with van der Waals surface area (Å²) in [6.45, 7) is 8.20. The number of imidazole rings is 1. The standard InChI is InChI=1S/C34H39N5O4/c1-32(2,3)43-31(42)37-28(29(40)38-33(4,5)30(35)41)21-27-22-39(23-36-27)34(24-15-9-6-10-16-24,25-17-11-7-12-18-25)26-19-13-8-14-20-26/h6-20,22-23,28H,21H2,1-5H3,(H2,35,41)(H,37,42)(H,38,40)/t28-/m0/s1. The Hall–Kier alpha value is -4.92. The van der Waals surface area contributed by atoms with Crippen LogP contribution in [0.3, 0.4) is 0 Å². The number of carbonyl (C=O) groups is 3. The number of primary amides is 1. The Morgan fingerprint density at radius 3 is 1.70 bits per heavy atom. The second-order valence-corrected chi connectivity index (χ2v) is 12.0. The van der Waals surface area contributed by atoms with Gasteiger partial charge in [-0.25, -0.2) is 9.78 Å². The summed E-state index contributed by atoms with van der Waals surface area (Å²) in [5.41, 5.74) is 6.17. The molecule has 9 heteroatoms. The van der Waals surface area contributed by atoms with Gasteiger partial charge in [0.25, 0.3) is 0 Å². The van der Waals surface area contributed by atoms with Gasteiger partial charge >= 0.3 is 6.09 Å². The monoisotopic (exact) mass is 581 g/mol. The zero-order valence-electron chi connectivity index (χ0n) is 25.2. The van der Waals surface area contributed by atoms with Crippen molar-refractivity contribution in [3.8, 4) is 0 Å². The van der Waals surface area contributed by atoms with Gasteiger partial charge in [-0.05, 0) is 51.3 Å². The summed E-state index contributed by atoms with van der Waals surface area (Å²) in [6, 6.07) is 29.3. The summed E-state index contributed by atoms with van der Waals surface area (Å²) in [5, 5.41) is 5.29. The summed E-state index contributed by atoms with van der Waals surface area (Å²) < 4.78 is 7.45. The molecule has 43 heavy (non-hydrogen) atoms. The average molecular weight is 582 g/mol. The molecule has 0 bridgehead atoms. The molecule has 1 aromatic heterocycles. The van der Waals surface area contributed by atoms with Gasteiger partial charge in [-0.15, -0.1) is 0 Å². The topological polar surface area (TPSA) is 128 Å². The maximum atomic E-state index is 13.4. The number of benzene rings is 3. The fraction of sp³-hybridized carbons (Fsp3) is 0.294. The number of ether oxygens (including phenoxy) is 1. The van der Waals surface area contributed by atoms with E-state index in [1.807, 2.05) is 65.4 Å². The third kappa shape index (κ3) is 7.12. The molecule has 9 nitrogen and oxygen atoms in total. The van der Waals surface area contributed by atoms with Gasteiger partial charge in [-0.1, -0.05) is 91.0 Å². The first-order valence-corrected chi connectivity index (χ1v) is 14.1. The lowest BCUT2D eigenvalue weighted by Crippen LogP contribution is -2.59. The van der Waals surface area contributed by atoms with Gasteiger partial charge in [-0.3, -0.25) is 9.59 Å². The summed E-state index contributed by atoms with van der Waals surface area (Å²) in [5.74, 6) is -1.30. The van der Waals surface area contributed by atoms with Crippen molar-refractivity contribution in [3.63, 3.8) is 0 Å². The van der Waals surface area contributed by atoms with Gasteiger partial charge in [0.2, 0.25) is 11.8 Å². The van der Waals surface area contributed by atoms with Gasteiger partial charge < -0.3 is 25.7 Å². The van der Waals surface area contributed by atoms with Crippen LogP contribution in [0.25, 0.3) is 0 Å². The van der Waals surface area contributed by atoms with E-state index < -0.39 is 40.6 Å². The first-order chi connectivity index (χ1) is 20.3. The number of carbonyl (C=O) groups excluding carboxylic acids is 3. The Kier molecular flexibility index (Phi) is 9.04. The smallest absolute Gasteiger partial charge is 0.408 e. The molecule has 0 unspecified atom stereocenters. The van der Waals surface area contributed by atoms with Crippen molar-refractivity contribution < 1.29 is 19.1 Å². The van der Waals surface area contributed by atoms with Crippen LogP contribution in [0.2, 0.25) is 0 Å². The van der Waals surface area contributed by atoms with E-state index >= 15 is 0 Å². The molecular weight excluding hydrogens is 542 g/mol. The first kappa shape index (κ1) is 31.0. The number of nitrogens with zero attached hydrogens (tertiary/aromatic N) is 2. The Bertz CT molecular complexity index is 1450. The lowest BCUT2D eigenvalue weighted by atomic mass is 9.77. The van der Waals surface area contributed by atoms with Crippen LogP contribution in [-0.4, -0.2) is 44.6 Å². The summed E-state index contributed by atoms with van der Waals surface area (Å²) in [6.07, 6.45) is 2.87. The molecule has 4 aromatic rings. The maximum Gasteiger partial charge on any atom is 0.408 e. The van der Waals surface area contributed by atoms with Gasteiger partial charge in [0.15, 0.2) is 0 Å². The van der Waals surface area contributed by atoms with Crippen LogP contribution in [0.1, 0.15) is 57.0 Å². The molecular formula is C34H39N5O4. The second-order valence-electron chi connectivity index (χ2n) is 12.0. The largest absolute Gasteiger partial charge is 0.444 e. The van der Waals surface area contributed by atoms with Crippen LogP contribution in [0.5, 0.6) is 0 Å². The average Bonchev–Trinajstić information content (AvgIpc) is 3.42. The van der Waals surface area contributed by atoms with Crippen molar-refractivity contribution in [2.75, 3.05) is 0 Å². The zero-order valence-corrected chi connectivity index (χ0v) is 25.2. The van der Waals surface area contributed by atoms with Crippen LogP contribution in [0, 0.1) is 0 Å². The summed E-state index contributed by atoms with van der Waals surface area (Å²) >= 11 is 0. The Labute approximate surface area is 252 Å². The van der Waals surface area contributed by atoms with E-state index in [1.54, 1.807) is 27.1 Å². The van der Waals surface area contributed by atoms with E-state index in [0.29, 0.717) is 5.69 Å². The lowest BCUT2D eigenvalue weighted by Gasteiger charge is -2.37. The van der Waals surface area contributed by atoms with Crippen molar-refractivity contribution in [1.29, 1.82) is 0 Å². The number of nitrogens with two attached hydrogens (primary N) is 1. The molecule has 0 spiro atoms. The number of hydrogen-bond acceptors (Lipinski definition) is 5. The molecule has 3 aromatic carbocycles. The third-order valence-electron chi connectivity index (χ3n) is 7.07. The molecule has 0 saturated heterocycles. The highest BCUT2D eigenvalue weighted by Gasteiger charge is 2.39. The van der Waals surface area contributed by atoms with Crippen molar-refractivity contribution in [3.05, 3.63) is 126 Å². The van der Waals surface area contributed by atoms with E-state index in [4.69, 9.17) is 15.5 Å². The maximum absolute atomic E-state index is 13.4. The number of nitrogens with one attached hydrogen (secondary N) is 2. The summed E-state index contributed by atoms with van der Waals surface area (Å²) in [7, 11) is 0. The number of alkyl carbamates (subject to hydrolysis) is 1. The molecule has 0 aliphatic rings. The van der Waals surface area contributed by atoms with E-state index in [-0.39, 0.29) is 6.42 Å². The zero-order chi connectivity index (χ0) is 31.3. The SMILES string of the molecule is CC(C)(C)OC(=O)N[C@@H](Cc1cn(C(c2ccccc2)(c2ccccc2)c2ccccc2)cn1)C(=O)NC(C)(C)C(N)=O. The predicted octanol–water partition coefficient (Wildman–Crippen LogP) is 4.54. The van der Waals surface area contributed by atoms with Gasteiger partial charge in [-0.2, -0.15) is 0 Å². The van der Waals surface area contributed by atoms with Crippen LogP contribution >= 0.6 is 0 Å². The molecule has 1 heterocycles. The van der Waals surface area contributed by atoms with Crippen molar-refractivity contribution in [2.45, 2.75) is 63.8 Å². The molecule has 4 rings (SSSR count). The number of amides is 3. The van der Waals surface area contributed by atoms with Crippen LogP contribution in [0.4, 0.5) is 4.79 Å². The highest BCUT2D eigenvalue weighted by molar-refractivity contribution is 5.93. The molecule has 1 atom stereocenters. The predicted molar refractivity (Wildman–Crippen MR) is 165 cm³/mol. The Balaban J connectivity index is 1.79. The normalized spacial score (nSPS) is 12.7. The molecule has 0 radical (unpaired) electrons. The molecule has 224 valence electrons. The van der Waals surface area contributed by atoms with Gasteiger partial charge in [0, 0.05) is 12.6 Å². The number of aromatic nitrogens is 2. The van der Waals surface area contributed by atoms with Crippen LogP contribution in [0.15, 0.2) is 104 Å². The molecule has 0 fully saturated rings. The molecule has 0 saturated carbocycles. The minimum Gasteiger partial charge on any atom is -0.444 e. The summed E-state index contributed by atoms with van der Waals surface area (Å²) in [4.78, 5) is 42.8. The number of rotatable bonds is 10. The van der Waals surface area contributed by atoms with Crippen molar-refractivity contribution in [1.82, 2.24) is 20.2 Å². The minimum absolute atomic E-state index is 0.0291. The molecule has 0 aliphatic heterocycles. The fourth-order valence-corrected chi connectivity index (χ4v) is 4.96.